The number of nitrogen functional groups attached to an aromatic ring is 1. The highest BCUT2D eigenvalue weighted by atomic mass is 127. The Morgan fingerprint density at radius 3 is 1.27 bits per heavy atom. The Labute approximate surface area is 531 Å². The molecule has 0 radical (unpaired) electrons. The molecule has 0 saturated heterocycles. The minimum atomic E-state index is -0.165. The second-order valence-corrected chi connectivity index (χ2v) is 32.0. The zero-order valence-electron chi connectivity index (χ0n) is 40.9. The van der Waals surface area contributed by atoms with E-state index in [0.29, 0.717) is 33.6 Å². The van der Waals surface area contributed by atoms with Crippen molar-refractivity contribution in [3.8, 4) is 22.3 Å². The number of aryl methyl sites for hydroxylation is 3. The lowest BCUT2D eigenvalue weighted by molar-refractivity contribution is 0.101. The minimum Gasteiger partial charge on any atom is -0.397 e. The molecule has 0 aliphatic heterocycles. The van der Waals surface area contributed by atoms with Crippen LogP contribution < -0.4 is 21.7 Å². The van der Waals surface area contributed by atoms with E-state index in [9.17, 15) is 19.2 Å². The monoisotopic (exact) mass is 1770 g/mol. The molecule has 0 atom stereocenters. The van der Waals surface area contributed by atoms with Gasteiger partial charge in [0, 0.05) is 37.2 Å². The zero-order chi connectivity index (χ0) is 54.4. The van der Waals surface area contributed by atoms with Crippen molar-refractivity contribution in [2.45, 2.75) is 27.1 Å². The maximum atomic E-state index is 12.4. The average molecular weight is 1770 g/mol. The molecule has 384 valence electrons. The molecular formula is C59H55I7N4O4. The Hall–Kier alpha value is -3.25. The number of hydrogen-bond donors (Lipinski definition) is 4. The van der Waals surface area contributed by atoms with E-state index in [1.165, 1.54) is 8.00 Å². The number of benzene rings is 8. The number of aldehydes is 1. The fourth-order valence-corrected chi connectivity index (χ4v) is 6.97. The van der Waals surface area contributed by atoms with E-state index >= 15 is 0 Å². The van der Waals surface area contributed by atoms with Gasteiger partial charge in [0.2, 0.25) is 0 Å². The fraction of sp³-hybridized carbons (Fsp3) is 0.119. The van der Waals surface area contributed by atoms with Gasteiger partial charge >= 0.3 is 0 Å². The van der Waals surface area contributed by atoms with Crippen LogP contribution in [0.2, 0.25) is 0 Å². The predicted molar refractivity (Wildman–Crippen MR) is 373 cm³/mol. The number of nitrogens with two attached hydrogens (primary N) is 1. The first kappa shape index (κ1) is 65.0. The maximum Gasteiger partial charge on any atom is 0.255 e. The van der Waals surface area contributed by atoms with Gasteiger partial charge in [-0.1, -0.05) is 258 Å². The first-order chi connectivity index (χ1) is 35.6. The predicted octanol–water partition coefficient (Wildman–Crippen LogP) is 18.8. The van der Waals surface area contributed by atoms with Crippen molar-refractivity contribution in [3.05, 3.63) is 237 Å². The molecule has 8 aromatic rings. The van der Waals surface area contributed by atoms with E-state index in [1.54, 1.807) is 30.3 Å². The van der Waals surface area contributed by atoms with Crippen molar-refractivity contribution in [1.29, 1.82) is 0 Å². The molecule has 74 heavy (non-hydrogen) atoms. The molecule has 15 heteroatoms. The molecular weight excluding hydrogens is 1720 g/mol. The second kappa shape index (κ2) is 36.7. The molecule has 8 aromatic carbocycles. The number of halogens is 7. The first-order valence-corrected chi connectivity index (χ1v) is 32.6. The van der Waals surface area contributed by atoms with Gasteiger partial charge in [0.1, 0.15) is 6.22 Å². The number of carbonyl (C=O) groups is 4. The molecule has 0 aliphatic carbocycles. The topological polar surface area (TPSA) is 130 Å². The highest BCUT2D eigenvalue weighted by Gasteiger charge is 2.11. The van der Waals surface area contributed by atoms with Gasteiger partial charge in [0.25, 0.3) is 17.7 Å². The van der Waals surface area contributed by atoms with Crippen molar-refractivity contribution in [2.75, 3.05) is 29.0 Å². The standard InChI is InChI=1S/C21H20N2O.C21H17NO2.C14H12INO.CHI3.CH2I2.CH3I/c1-2-15-6-5-7-18(14-15)16-10-12-17(13-11-16)21(24)23-20-9-4-3-8-19(20)22;1-15-5-2-3-8-20(15)22-21(24)18-11-9-17(10-12-18)19-7-4-6-16(13-19)14-23;1-10-4-2-3-5-13(10)16-14(17)11-6-8-12(15)9-7-11;2-1(3)4;2-1-3;1-2/h3-14H,2,22H2,1H3,(H,23,24);2-14H,1H3,(H,22,24);2-9H,1H3,(H,16,17);1H;1H2;1H3. The molecule has 8 rings (SSSR count). The summed E-state index contributed by atoms with van der Waals surface area (Å²) in [6.07, 6.45) is 1.83. The van der Waals surface area contributed by atoms with Gasteiger partial charge in [-0.15, -0.1) is 0 Å². The van der Waals surface area contributed by atoms with Crippen LogP contribution >= 0.6 is 158 Å². The van der Waals surface area contributed by atoms with Gasteiger partial charge in [0.15, 0.2) is 0 Å². The average Bonchev–Trinajstić information content (AvgIpc) is 3.42. The minimum absolute atomic E-state index is 0.0734. The molecule has 0 fully saturated rings. The molecule has 5 N–H and O–H groups in total. The number of amides is 3. The Balaban J connectivity index is 0.000000274. The van der Waals surface area contributed by atoms with E-state index in [-0.39, 0.29) is 17.7 Å². The summed E-state index contributed by atoms with van der Waals surface area (Å²) in [4.78, 5) is 49.5. The summed E-state index contributed by atoms with van der Waals surface area (Å²) in [6.45, 7) is 6.07. The van der Waals surface area contributed by atoms with Crippen molar-refractivity contribution in [1.82, 2.24) is 0 Å². The third-order valence-electron chi connectivity index (χ3n) is 10.4. The van der Waals surface area contributed by atoms with E-state index in [0.717, 1.165) is 61.0 Å². The smallest absolute Gasteiger partial charge is 0.255 e. The molecule has 0 unspecified atom stereocenters. The van der Waals surface area contributed by atoms with Crippen molar-refractivity contribution in [2.24, 2.45) is 0 Å². The van der Waals surface area contributed by atoms with E-state index < -0.39 is 0 Å². The summed E-state index contributed by atoms with van der Waals surface area (Å²) < 4.78 is 3.05. The van der Waals surface area contributed by atoms with Crippen LogP contribution in [0, 0.1) is 17.4 Å². The van der Waals surface area contributed by atoms with Crippen molar-refractivity contribution < 1.29 is 19.2 Å². The lowest BCUT2D eigenvalue weighted by Crippen LogP contribution is -2.12. The molecule has 0 aliphatic rings. The fourth-order valence-electron chi connectivity index (χ4n) is 6.61. The van der Waals surface area contributed by atoms with E-state index in [4.69, 9.17) is 5.73 Å². The van der Waals surface area contributed by atoms with Crippen LogP contribution in [0.25, 0.3) is 22.3 Å². The van der Waals surface area contributed by atoms with Gasteiger partial charge in [-0.2, -0.15) is 0 Å². The Kier molecular flexibility index (Phi) is 32.3. The summed E-state index contributed by atoms with van der Waals surface area (Å²) in [5, 5.41) is 8.66. The quantitative estimate of drug-likeness (QED) is 0.0469. The highest BCUT2D eigenvalue weighted by Crippen LogP contribution is 2.25. The summed E-state index contributed by atoms with van der Waals surface area (Å²) in [5.41, 5.74) is 18.8. The number of alkyl halides is 6. The molecule has 0 aromatic heterocycles. The van der Waals surface area contributed by atoms with Crippen LogP contribution in [0.1, 0.15) is 65.0 Å². The summed E-state index contributed by atoms with van der Waals surface area (Å²) in [7, 11) is 0. The number of anilines is 4. The molecule has 0 heterocycles. The number of rotatable bonds is 10. The zero-order valence-corrected chi connectivity index (χ0v) is 56.0. The van der Waals surface area contributed by atoms with Crippen LogP contribution in [0.5, 0.6) is 0 Å². The largest absolute Gasteiger partial charge is 0.397 e. The molecule has 0 spiro atoms. The van der Waals surface area contributed by atoms with E-state index in [1.807, 2.05) is 158 Å². The van der Waals surface area contributed by atoms with Crippen molar-refractivity contribution >= 4 is 205 Å². The SMILES string of the molecule is CCc1cccc(-c2ccc(C(=O)Nc3ccccc3N)cc2)c1.CI.Cc1ccccc1NC(=O)c1ccc(-c2cccc(C=O)c2)cc1.Cc1ccccc1NC(=O)c1ccc(I)cc1.IC(I)I.ICI. The molecule has 3 amide bonds. The maximum absolute atomic E-state index is 12.4. The highest BCUT2D eigenvalue weighted by molar-refractivity contribution is 14.3. The Morgan fingerprint density at radius 1 is 0.500 bits per heavy atom. The molecule has 0 bridgehead atoms. The third kappa shape index (κ3) is 23.6. The number of nitrogens with one attached hydrogen (secondary N) is 3. The van der Waals surface area contributed by atoms with Crippen molar-refractivity contribution in [3.63, 3.8) is 0 Å². The van der Waals surface area contributed by atoms with Crippen LogP contribution in [-0.2, 0) is 6.42 Å². The molecule has 0 saturated carbocycles. The van der Waals surface area contributed by atoms with Crippen LogP contribution in [0.4, 0.5) is 22.7 Å². The number of hydrogen-bond acceptors (Lipinski definition) is 5. The van der Waals surface area contributed by atoms with Gasteiger partial charge in [-0.3, -0.25) is 19.2 Å². The van der Waals surface area contributed by atoms with Gasteiger partial charge < -0.3 is 21.7 Å². The molecule has 8 nitrogen and oxygen atoms in total. The van der Waals surface area contributed by atoms with Crippen LogP contribution in [0.15, 0.2) is 194 Å². The van der Waals surface area contributed by atoms with Crippen LogP contribution in [-0.4, -0.2) is 31.3 Å². The van der Waals surface area contributed by atoms with E-state index in [2.05, 4.69) is 205 Å². The Bertz CT molecular complexity index is 2990. The lowest BCUT2D eigenvalue weighted by Gasteiger charge is -2.09. The lowest BCUT2D eigenvalue weighted by atomic mass is 10.0. The van der Waals surface area contributed by atoms with Gasteiger partial charge in [0.05, 0.1) is 13.8 Å². The summed E-state index contributed by atoms with van der Waals surface area (Å²) >= 11 is 15.9. The third-order valence-corrected chi connectivity index (χ3v) is 11.1. The number of para-hydroxylation sites is 4. The van der Waals surface area contributed by atoms with Gasteiger partial charge in [-0.25, -0.2) is 0 Å². The van der Waals surface area contributed by atoms with Gasteiger partial charge in [-0.05, 0) is 166 Å². The summed E-state index contributed by atoms with van der Waals surface area (Å²) in [5.74, 6) is -0.380. The number of carbonyl (C=O) groups excluding carboxylic acids is 4. The first-order valence-electron chi connectivity index (χ1n) is 22.6. The normalized spacial score (nSPS) is 9.78. The van der Waals surface area contributed by atoms with Crippen LogP contribution in [0.3, 0.4) is 0 Å². The summed E-state index contributed by atoms with van der Waals surface area (Å²) in [6, 6.07) is 60.9. The Morgan fingerprint density at radius 2 is 0.865 bits per heavy atom. The second-order valence-electron chi connectivity index (χ2n) is 15.4.